The van der Waals surface area contributed by atoms with E-state index in [9.17, 15) is 0 Å². The van der Waals surface area contributed by atoms with Gasteiger partial charge < -0.3 is 10.5 Å². The molecule has 2 N–H and O–H groups in total. The number of hydrogen-bond donors (Lipinski definition) is 1. The molecular formula is C16H18ClNO. The molecule has 0 fully saturated rings. The van der Waals surface area contributed by atoms with Gasteiger partial charge in [0, 0.05) is 11.1 Å². The van der Waals surface area contributed by atoms with E-state index in [4.69, 9.17) is 22.1 Å². The number of hydrogen-bond acceptors (Lipinski definition) is 2. The molecule has 0 heterocycles. The van der Waals surface area contributed by atoms with Crippen LogP contribution >= 0.6 is 11.6 Å². The minimum absolute atomic E-state index is 0.0382. The molecule has 1 atom stereocenters. The third-order valence-corrected chi connectivity index (χ3v) is 3.41. The zero-order valence-corrected chi connectivity index (χ0v) is 11.9. The Morgan fingerprint density at radius 2 is 1.74 bits per heavy atom. The topological polar surface area (TPSA) is 35.2 Å². The van der Waals surface area contributed by atoms with Gasteiger partial charge >= 0.3 is 0 Å². The Labute approximate surface area is 119 Å². The fourth-order valence-corrected chi connectivity index (χ4v) is 2.11. The molecule has 0 bridgehead atoms. The molecule has 1 unspecified atom stereocenters. The molecule has 0 aromatic heterocycles. The number of ether oxygens (including phenoxy) is 1. The standard InChI is InChI=1S/C16H18ClNO/c1-3-12-10-15(8-9-16(12)17)19-14-6-4-13(5-7-14)11(2)18/h4-11H,3,18H2,1-2H3. The highest BCUT2D eigenvalue weighted by Crippen LogP contribution is 2.27. The Morgan fingerprint density at radius 3 is 2.32 bits per heavy atom. The lowest BCUT2D eigenvalue weighted by Crippen LogP contribution is -2.04. The van der Waals surface area contributed by atoms with Gasteiger partial charge in [-0.1, -0.05) is 30.7 Å². The largest absolute Gasteiger partial charge is 0.457 e. The summed E-state index contributed by atoms with van der Waals surface area (Å²) >= 11 is 6.09. The van der Waals surface area contributed by atoms with Crippen molar-refractivity contribution in [1.82, 2.24) is 0 Å². The summed E-state index contributed by atoms with van der Waals surface area (Å²) in [5, 5.41) is 0.780. The van der Waals surface area contributed by atoms with Crippen LogP contribution in [-0.4, -0.2) is 0 Å². The van der Waals surface area contributed by atoms with Gasteiger partial charge in [0.2, 0.25) is 0 Å². The van der Waals surface area contributed by atoms with Gasteiger partial charge in [-0.25, -0.2) is 0 Å². The number of aryl methyl sites for hydroxylation is 1. The summed E-state index contributed by atoms with van der Waals surface area (Å²) < 4.78 is 5.81. The molecule has 2 nitrogen and oxygen atoms in total. The van der Waals surface area contributed by atoms with Crippen LogP contribution in [-0.2, 0) is 6.42 Å². The van der Waals surface area contributed by atoms with Crippen molar-refractivity contribution in [2.75, 3.05) is 0 Å². The van der Waals surface area contributed by atoms with Crippen molar-refractivity contribution in [3.8, 4) is 11.5 Å². The van der Waals surface area contributed by atoms with Gasteiger partial charge in [0.05, 0.1) is 0 Å². The van der Waals surface area contributed by atoms with Crippen LogP contribution in [0.3, 0.4) is 0 Å². The summed E-state index contributed by atoms with van der Waals surface area (Å²) in [6.07, 6.45) is 0.889. The van der Waals surface area contributed by atoms with E-state index in [1.165, 1.54) is 0 Å². The molecule has 2 aromatic carbocycles. The van der Waals surface area contributed by atoms with Crippen molar-refractivity contribution >= 4 is 11.6 Å². The number of rotatable bonds is 4. The molecule has 3 heteroatoms. The molecule has 0 spiro atoms. The first-order chi connectivity index (χ1) is 9.10. The molecule has 19 heavy (non-hydrogen) atoms. The second kappa shape index (κ2) is 6.09. The van der Waals surface area contributed by atoms with E-state index in [2.05, 4.69) is 6.92 Å². The third kappa shape index (κ3) is 3.49. The summed E-state index contributed by atoms with van der Waals surface area (Å²) in [5.41, 5.74) is 8.00. The first kappa shape index (κ1) is 13.9. The van der Waals surface area contributed by atoms with Crippen LogP contribution in [0.5, 0.6) is 11.5 Å². The van der Waals surface area contributed by atoms with E-state index in [1.54, 1.807) is 0 Å². The summed E-state index contributed by atoms with van der Waals surface area (Å²) in [5.74, 6) is 1.60. The van der Waals surface area contributed by atoms with Gasteiger partial charge in [-0.3, -0.25) is 0 Å². The molecule has 0 saturated carbocycles. The van der Waals surface area contributed by atoms with E-state index >= 15 is 0 Å². The van der Waals surface area contributed by atoms with E-state index in [1.807, 2.05) is 49.4 Å². The number of benzene rings is 2. The van der Waals surface area contributed by atoms with Crippen LogP contribution < -0.4 is 10.5 Å². The van der Waals surface area contributed by atoms with Crippen molar-refractivity contribution in [3.63, 3.8) is 0 Å². The summed E-state index contributed by atoms with van der Waals surface area (Å²) in [6, 6.07) is 13.6. The van der Waals surface area contributed by atoms with Gasteiger partial charge in [-0.2, -0.15) is 0 Å². The van der Waals surface area contributed by atoms with Crippen LogP contribution in [0.4, 0.5) is 0 Å². The average Bonchev–Trinajstić information content (AvgIpc) is 2.41. The van der Waals surface area contributed by atoms with Gasteiger partial charge in [0.15, 0.2) is 0 Å². The predicted octanol–water partition coefficient (Wildman–Crippen LogP) is 4.71. The number of halogens is 1. The second-order valence-corrected chi connectivity index (χ2v) is 4.97. The fourth-order valence-electron chi connectivity index (χ4n) is 1.86. The van der Waals surface area contributed by atoms with Crippen molar-refractivity contribution in [2.45, 2.75) is 26.3 Å². The fraction of sp³-hybridized carbons (Fsp3) is 0.250. The molecule has 0 aliphatic carbocycles. The SMILES string of the molecule is CCc1cc(Oc2ccc(C(C)N)cc2)ccc1Cl. The smallest absolute Gasteiger partial charge is 0.127 e. The zero-order chi connectivity index (χ0) is 13.8. The minimum atomic E-state index is 0.0382. The highest BCUT2D eigenvalue weighted by atomic mass is 35.5. The molecular weight excluding hydrogens is 258 g/mol. The van der Waals surface area contributed by atoms with E-state index < -0.39 is 0 Å². The van der Waals surface area contributed by atoms with Crippen molar-refractivity contribution in [2.24, 2.45) is 5.73 Å². The molecule has 0 aliphatic heterocycles. The van der Waals surface area contributed by atoms with E-state index in [0.29, 0.717) is 0 Å². The zero-order valence-electron chi connectivity index (χ0n) is 11.2. The van der Waals surface area contributed by atoms with Gasteiger partial charge in [0.25, 0.3) is 0 Å². The Kier molecular flexibility index (Phi) is 4.46. The molecule has 0 aliphatic rings. The Morgan fingerprint density at radius 1 is 1.11 bits per heavy atom. The molecule has 2 aromatic rings. The van der Waals surface area contributed by atoms with Crippen LogP contribution in [0.15, 0.2) is 42.5 Å². The molecule has 0 radical (unpaired) electrons. The minimum Gasteiger partial charge on any atom is -0.457 e. The Hall–Kier alpha value is -1.51. The van der Waals surface area contributed by atoms with Crippen LogP contribution in [0, 0.1) is 0 Å². The molecule has 0 saturated heterocycles. The molecule has 2 rings (SSSR count). The monoisotopic (exact) mass is 275 g/mol. The van der Waals surface area contributed by atoms with E-state index in [0.717, 1.165) is 34.1 Å². The highest BCUT2D eigenvalue weighted by molar-refractivity contribution is 6.31. The Bertz CT molecular complexity index is 549. The lowest BCUT2D eigenvalue weighted by molar-refractivity contribution is 0.481. The van der Waals surface area contributed by atoms with Crippen molar-refractivity contribution in [1.29, 1.82) is 0 Å². The lowest BCUT2D eigenvalue weighted by atomic mass is 10.1. The molecule has 0 amide bonds. The lowest BCUT2D eigenvalue weighted by Gasteiger charge is -2.10. The first-order valence-electron chi connectivity index (χ1n) is 6.42. The number of nitrogens with two attached hydrogens (primary N) is 1. The van der Waals surface area contributed by atoms with Crippen molar-refractivity contribution < 1.29 is 4.74 Å². The summed E-state index contributed by atoms with van der Waals surface area (Å²) in [6.45, 7) is 4.03. The predicted molar refractivity (Wildman–Crippen MR) is 79.9 cm³/mol. The summed E-state index contributed by atoms with van der Waals surface area (Å²) in [7, 11) is 0. The average molecular weight is 276 g/mol. The van der Waals surface area contributed by atoms with Crippen molar-refractivity contribution in [3.05, 3.63) is 58.6 Å². The van der Waals surface area contributed by atoms with Crippen LogP contribution in [0.25, 0.3) is 0 Å². The molecule has 100 valence electrons. The quantitative estimate of drug-likeness (QED) is 0.877. The Balaban J connectivity index is 2.16. The van der Waals surface area contributed by atoms with Gasteiger partial charge in [0.1, 0.15) is 11.5 Å². The van der Waals surface area contributed by atoms with Gasteiger partial charge in [-0.15, -0.1) is 0 Å². The third-order valence-electron chi connectivity index (χ3n) is 3.04. The highest BCUT2D eigenvalue weighted by Gasteiger charge is 2.03. The maximum atomic E-state index is 6.09. The van der Waals surface area contributed by atoms with Crippen LogP contribution in [0.1, 0.15) is 31.0 Å². The van der Waals surface area contributed by atoms with Gasteiger partial charge in [-0.05, 0) is 54.8 Å². The maximum Gasteiger partial charge on any atom is 0.127 e. The van der Waals surface area contributed by atoms with E-state index in [-0.39, 0.29) is 6.04 Å². The normalized spacial score (nSPS) is 12.2. The van der Waals surface area contributed by atoms with Crippen LogP contribution in [0.2, 0.25) is 5.02 Å². The summed E-state index contributed by atoms with van der Waals surface area (Å²) in [4.78, 5) is 0. The second-order valence-electron chi connectivity index (χ2n) is 4.57. The maximum absolute atomic E-state index is 6.09. The first-order valence-corrected chi connectivity index (χ1v) is 6.79.